The maximum atomic E-state index is 12.7. The lowest BCUT2D eigenvalue weighted by Gasteiger charge is -2.22. The minimum absolute atomic E-state index is 0.122. The van der Waals surface area contributed by atoms with Crippen LogP contribution in [0.25, 0.3) is 0 Å². The molecule has 4 rings (SSSR count). The smallest absolute Gasteiger partial charge is 0.316 e. The Bertz CT molecular complexity index is 813. The second-order valence-electron chi connectivity index (χ2n) is 6.33. The van der Waals surface area contributed by atoms with Crippen molar-refractivity contribution in [1.82, 2.24) is 0 Å². The van der Waals surface area contributed by atoms with E-state index in [1.807, 2.05) is 12.1 Å². The van der Waals surface area contributed by atoms with Crippen LogP contribution in [0.3, 0.4) is 0 Å². The Morgan fingerprint density at radius 2 is 1.88 bits per heavy atom. The third kappa shape index (κ3) is 3.22. The number of hydrogen-bond donors (Lipinski definition) is 0. The van der Waals surface area contributed by atoms with Crippen LogP contribution in [0.15, 0.2) is 36.4 Å². The van der Waals surface area contributed by atoms with E-state index >= 15 is 0 Å². The van der Waals surface area contributed by atoms with Gasteiger partial charge < -0.3 is 14.2 Å². The second kappa shape index (κ2) is 6.52. The van der Waals surface area contributed by atoms with Crippen LogP contribution in [0.2, 0.25) is 10.0 Å². The van der Waals surface area contributed by atoms with E-state index in [1.165, 1.54) is 0 Å². The van der Waals surface area contributed by atoms with Crippen molar-refractivity contribution in [3.63, 3.8) is 0 Å². The van der Waals surface area contributed by atoms with Crippen molar-refractivity contribution in [2.24, 2.45) is 0 Å². The molecule has 4 nitrogen and oxygen atoms in total. The number of carbonyl (C=O) groups is 1. The van der Waals surface area contributed by atoms with Crippen molar-refractivity contribution in [3.05, 3.63) is 63.1 Å². The molecular formula is C19H16Cl2O4. The maximum Gasteiger partial charge on any atom is 0.316 e. The summed E-state index contributed by atoms with van der Waals surface area (Å²) in [6.07, 6.45) is 1.57. The molecule has 0 atom stereocenters. The van der Waals surface area contributed by atoms with Gasteiger partial charge in [0.15, 0.2) is 6.79 Å². The van der Waals surface area contributed by atoms with Crippen LogP contribution >= 0.6 is 23.2 Å². The molecular weight excluding hydrogens is 363 g/mol. The van der Waals surface area contributed by atoms with E-state index in [1.54, 1.807) is 24.3 Å². The molecule has 1 fully saturated rings. The normalized spacial score (nSPS) is 17.4. The first-order chi connectivity index (χ1) is 12.1. The number of rotatable bonds is 4. The van der Waals surface area contributed by atoms with Gasteiger partial charge in [-0.05, 0) is 42.7 Å². The zero-order valence-corrected chi connectivity index (χ0v) is 14.9. The van der Waals surface area contributed by atoms with Gasteiger partial charge in [-0.1, -0.05) is 35.3 Å². The van der Waals surface area contributed by atoms with E-state index in [0.29, 0.717) is 22.4 Å². The van der Waals surface area contributed by atoms with Crippen LogP contribution < -0.4 is 4.74 Å². The minimum Gasteiger partial charge on any atom is -0.467 e. The van der Waals surface area contributed by atoms with E-state index in [-0.39, 0.29) is 19.4 Å². The number of halogens is 2. The lowest BCUT2D eigenvalue weighted by molar-refractivity contribution is -0.148. The predicted octanol–water partition coefficient (Wildman–Crippen LogP) is 4.63. The summed E-state index contributed by atoms with van der Waals surface area (Å²) in [4.78, 5) is 12.7. The van der Waals surface area contributed by atoms with Crippen molar-refractivity contribution in [2.75, 3.05) is 6.79 Å². The van der Waals surface area contributed by atoms with Gasteiger partial charge in [-0.3, -0.25) is 4.79 Å². The molecule has 0 saturated heterocycles. The minimum atomic E-state index is -0.548. The summed E-state index contributed by atoms with van der Waals surface area (Å²) >= 11 is 12.1. The van der Waals surface area contributed by atoms with E-state index in [9.17, 15) is 4.79 Å². The zero-order valence-electron chi connectivity index (χ0n) is 13.4. The van der Waals surface area contributed by atoms with Crippen LogP contribution in [-0.2, 0) is 32.9 Å². The van der Waals surface area contributed by atoms with Gasteiger partial charge in [-0.15, -0.1) is 0 Å². The summed E-state index contributed by atoms with van der Waals surface area (Å²) in [6.45, 7) is 0.743. The summed E-state index contributed by atoms with van der Waals surface area (Å²) in [5.74, 6) is 0.468. The molecule has 0 unspecified atom stereocenters. The molecule has 1 aliphatic heterocycles. The molecule has 130 valence electrons. The topological polar surface area (TPSA) is 44.8 Å². The predicted molar refractivity (Wildman–Crippen MR) is 93.9 cm³/mol. The van der Waals surface area contributed by atoms with Crippen LogP contribution in [0, 0.1) is 0 Å². The van der Waals surface area contributed by atoms with Gasteiger partial charge in [-0.2, -0.15) is 0 Å². The number of carbonyl (C=O) groups excluding carboxylic acids is 1. The van der Waals surface area contributed by atoms with Crippen LogP contribution in [0.4, 0.5) is 0 Å². The summed E-state index contributed by atoms with van der Waals surface area (Å²) in [7, 11) is 0. The molecule has 0 bridgehead atoms. The molecule has 0 N–H and O–H groups in total. The number of ether oxygens (including phenoxy) is 3. The molecule has 1 saturated carbocycles. The van der Waals surface area contributed by atoms with Crippen molar-refractivity contribution < 1.29 is 19.0 Å². The first-order valence-corrected chi connectivity index (χ1v) is 8.79. The fourth-order valence-electron chi connectivity index (χ4n) is 3.15. The fourth-order valence-corrected chi connectivity index (χ4v) is 3.54. The monoisotopic (exact) mass is 378 g/mol. The summed E-state index contributed by atoms with van der Waals surface area (Å²) in [5, 5.41) is 1.22. The highest BCUT2D eigenvalue weighted by atomic mass is 35.5. The van der Waals surface area contributed by atoms with E-state index < -0.39 is 5.41 Å². The molecule has 6 heteroatoms. The van der Waals surface area contributed by atoms with Crippen molar-refractivity contribution in [1.29, 1.82) is 0 Å². The third-order valence-corrected chi connectivity index (χ3v) is 5.12. The van der Waals surface area contributed by atoms with E-state index in [2.05, 4.69) is 0 Å². The quantitative estimate of drug-likeness (QED) is 0.727. The lowest BCUT2D eigenvalue weighted by Crippen LogP contribution is -2.23. The Balaban J connectivity index is 1.51. The largest absolute Gasteiger partial charge is 0.467 e. The zero-order chi connectivity index (χ0) is 17.4. The highest BCUT2D eigenvalue weighted by Crippen LogP contribution is 2.49. The Morgan fingerprint density at radius 3 is 2.60 bits per heavy atom. The number of benzene rings is 2. The highest BCUT2D eigenvalue weighted by Gasteiger charge is 2.52. The van der Waals surface area contributed by atoms with Crippen LogP contribution in [0.1, 0.15) is 29.5 Å². The first-order valence-electron chi connectivity index (χ1n) is 8.04. The van der Waals surface area contributed by atoms with Gasteiger partial charge in [-0.25, -0.2) is 0 Å². The van der Waals surface area contributed by atoms with Crippen molar-refractivity contribution in [2.45, 2.75) is 31.5 Å². The van der Waals surface area contributed by atoms with Crippen molar-refractivity contribution in [3.8, 4) is 5.75 Å². The van der Waals surface area contributed by atoms with Gasteiger partial charge in [0.25, 0.3) is 0 Å². The molecule has 1 heterocycles. The molecule has 2 aliphatic rings. The molecule has 0 aromatic heterocycles. The van der Waals surface area contributed by atoms with E-state index in [4.69, 9.17) is 37.4 Å². The molecule has 0 spiro atoms. The van der Waals surface area contributed by atoms with E-state index in [0.717, 1.165) is 29.5 Å². The standard InChI is InChI=1S/C19H16Cl2O4/c20-15-3-1-14(2-4-15)19(5-6-19)18(22)24-10-13-8-16(21)7-12-9-23-11-25-17(12)13/h1-4,7-8H,5-6,9-11H2. The molecule has 2 aromatic carbocycles. The molecule has 2 aromatic rings. The average Bonchev–Trinajstić information content (AvgIpc) is 3.42. The first kappa shape index (κ1) is 16.7. The Kier molecular flexibility index (Phi) is 4.36. The Labute approximate surface area is 155 Å². The SMILES string of the molecule is O=C(OCc1cc(Cl)cc2c1OCOC2)C1(c2ccc(Cl)cc2)CC1. The highest BCUT2D eigenvalue weighted by molar-refractivity contribution is 6.31. The number of hydrogen-bond acceptors (Lipinski definition) is 4. The average molecular weight is 379 g/mol. The van der Waals surface area contributed by atoms with Crippen molar-refractivity contribution >= 4 is 29.2 Å². The fraction of sp³-hybridized carbons (Fsp3) is 0.316. The maximum absolute atomic E-state index is 12.7. The second-order valence-corrected chi connectivity index (χ2v) is 7.20. The van der Waals surface area contributed by atoms with Gasteiger partial charge in [0.1, 0.15) is 12.4 Å². The Hall–Kier alpha value is -1.75. The van der Waals surface area contributed by atoms with Gasteiger partial charge in [0, 0.05) is 21.2 Å². The molecule has 0 amide bonds. The van der Waals surface area contributed by atoms with Crippen LogP contribution in [-0.4, -0.2) is 12.8 Å². The third-order valence-electron chi connectivity index (χ3n) is 4.65. The number of fused-ring (bicyclic) bond motifs is 1. The Morgan fingerprint density at radius 1 is 1.12 bits per heavy atom. The summed E-state index contributed by atoms with van der Waals surface area (Å²) in [5.41, 5.74) is 2.02. The molecule has 25 heavy (non-hydrogen) atoms. The van der Waals surface area contributed by atoms with Gasteiger partial charge in [0.2, 0.25) is 0 Å². The van der Waals surface area contributed by atoms with Gasteiger partial charge >= 0.3 is 5.97 Å². The van der Waals surface area contributed by atoms with Gasteiger partial charge in [0.05, 0.1) is 12.0 Å². The summed E-state index contributed by atoms with van der Waals surface area (Å²) in [6, 6.07) is 10.9. The lowest BCUT2D eigenvalue weighted by atomic mass is 9.96. The van der Waals surface area contributed by atoms with Crippen LogP contribution in [0.5, 0.6) is 5.75 Å². The molecule has 0 radical (unpaired) electrons. The number of esters is 1. The summed E-state index contributed by atoms with van der Waals surface area (Å²) < 4.78 is 16.4. The molecule has 1 aliphatic carbocycles.